The van der Waals surface area contributed by atoms with E-state index in [0.717, 1.165) is 149 Å². The second-order valence-electron chi connectivity index (χ2n) is 26.6. The van der Waals surface area contributed by atoms with Crippen LogP contribution in [0.3, 0.4) is 0 Å². The van der Waals surface area contributed by atoms with Crippen molar-refractivity contribution in [2.75, 3.05) is 58.9 Å². The quantitative estimate of drug-likeness (QED) is 0.00700. The van der Waals surface area contributed by atoms with Gasteiger partial charge in [-0.3, -0.25) is 38.5 Å². The van der Waals surface area contributed by atoms with Crippen LogP contribution in [0.15, 0.2) is 12.2 Å². The number of alkyl halides is 9. The van der Waals surface area contributed by atoms with Crippen molar-refractivity contribution >= 4 is 175 Å². The summed E-state index contributed by atoms with van der Waals surface area (Å²) in [6.07, 6.45) is 27.7. The number of Topliss-reactive ketones (excluding diaryl/α,β-unsaturated/α-hetero) is 4. The number of halogens is 9. The molecular formula is C71H126F9N9O13P3S6Tl. The molecule has 41 heteroatoms. The number of carbonyl (C=O) groups is 7. The van der Waals surface area contributed by atoms with Gasteiger partial charge in [0.2, 0.25) is 5.91 Å². The van der Waals surface area contributed by atoms with Gasteiger partial charge in [-0.1, -0.05) is 188 Å². The third-order valence-corrected chi connectivity index (χ3v) is 36.8. The average Bonchev–Trinajstić information content (AvgIpc) is 1.05. The van der Waals surface area contributed by atoms with Crippen LogP contribution in [0.5, 0.6) is 0 Å². The SMILES string of the molecule is CCC(=O)C(CCCCNC(=O)CCN1C(=O)C=CC1=O)NCC1CC(CC)SS1.CCC(=O)C(CCCCNP)NCC(C)CC(C)CC.CCC(=O)C(CCCCNP)NCC1CC(CC)SS1.CCC(=O)C(CCCCNP)NCC1CC(CC)SS1.F[C](F)(F)[Tl]([C](F)(F)F)[C](F)(F)F.O=C=O.O=C=O.O=C=O. The fourth-order valence-corrected chi connectivity index (χ4v) is 26.3. The van der Waals surface area contributed by atoms with Crippen molar-refractivity contribution in [1.29, 1.82) is 0 Å². The standard InChI is InChI=1S/C21H33N3O4S2.C16H35N2OP.2C14H29N2OPS2.3CF3.3CO2.Tl/c1-3-15-13-16(30-29-15)14-23-17(18(25)4-2)7-5-6-11-22-19(26)10-12-24-20(27)8-9-21(24)28;1-5-13(3)11-14(4)12-17-15(16(19)6-2)9-7-8-10-18-20;2*1-3-11-9-12(20-19-11)10-15-13(14(17)4-2)7-5-6-8-16-18;3*2-1(3)4;3*2-1-3;/h8-9,15-17,23H,3-7,10-14H2,1-2H3,(H,22,26);13-15,17-18H,5-12,20H2,1-4H3;2*11-13,15-16H,3-10,18H2,1-2H3;;;;;;;. The van der Waals surface area contributed by atoms with Gasteiger partial charge < -0.3 is 41.8 Å². The zero-order valence-corrected chi connectivity index (χ0v) is 79.4. The van der Waals surface area contributed by atoms with Gasteiger partial charge in [0.05, 0.1) is 24.2 Å². The number of nitrogens with one attached hydrogen (secondary N) is 8. The smallest absolute Gasteiger partial charge is 0.186 e. The van der Waals surface area contributed by atoms with Gasteiger partial charge >= 0.3 is 91.9 Å². The molecule has 4 heterocycles. The molecule has 3 amide bonds. The first-order valence-corrected chi connectivity index (χ1v) is 53.6. The van der Waals surface area contributed by atoms with E-state index in [0.29, 0.717) is 71.2 Å². The van der Waals surface area contributed by atoms with E-state index in [-0.39, 0.29) is 79.1 Å². The number of carbonyl (C=O) groups excluding carboxylic acids is 13. The Hall–Kier alpha value is -1.43. The summed E-state index contributed by atoms with van der Waals surface area (Å²) in [7, 11) is 19.5. The van der Waals surface area contributed by atoms with E-state index in [9.17, 15) is 73.1 Å². The van der Waals surface area contributed by atoms with Gasteiger partial charge in [0, 0.05) is 108 Å². The van der Waals surface area contributed by atoms with Gasteiger partial charge in [-0.25, -0.2) is 0 Å². The number of amides is 3. The van der Waals surface area contributed by atoms with Crippen molar-refractivity contribution in [3.63, 3.8) is 0 Å². The third kappa shape index (κ3) is 61.0. The maximum absolute atomic E-state index is 12.3. The summed E-state index contributed by atoms with van der Waals surface area (Å²) in [6.45, 7) is 28.8. The molecule has 15 atom stereocenters. The van der Waals surface area contributed by atoms with Crippen LogP contribution >= 0.6 is 92.9 Å². The van der Waals surface area contributed by atoms with Crippen molar-refractivity contribution in [1.82, 2.24) is 46.7 Å². The van der Waals surface area contributed by atoms with E-state index in [1.807, 2.05) is 92.5 Å². The molecule has 3 saturated heterocycles. The van der Waals surface area contributed by atoms with Crippen LogP contribution in [-0.4, -0.2) is 213 Å². The van der Waals surface area contributed by atoms with Crippen LogP contribution in [0.4, 0.5) is 39.5 Å². The average molecular weight is 1970 g/mol. The first kappa shape index (κ1) is 117. The summed E-state index contributed by atoms with van der Waals surface area (Å²) < 4.78 is 83.9. The third-order valence-electron chi connectivity index (χ3n) is 17.7. The van der Waals surface area contributed by atoms with Crippen LogP contribution in [0, 0.1) is 11.8 Å². The normalized spacial score (nSPS) is 19.2. The van der Waals surface area contributed by atoms with Crippen LogP contribution in [0.2, 0.25) is 0 Å². The maximum Gasteiger partial charge on any atom is 0.373 e. The largest absolute Gasteiger partial charge is 0.373 e. The predicted octanol–water partition coefficient (Wildman–Crippen LogP) is 13.9. The fourth-order valence-electron chi connectivity index (χ4n) is 11.2. The molecular weight excluding hydrogens is 1850 g/mol. The van der Waals surface area contributed by atoms with E-state index in [2.05, 4.69) is 112 Å². The molecule has 0 saturated carbocycles. The maximum atomic E-state index is 12.3. The fraction of sp³-hybridized carbons (Fsp3) is 0.831. The summed E-state index contributed by atoms with van der Waals surface area (Å²) in [4.78, 5) is 133. The van der Waals surface area contributed by atoms with E-state index in [4.69, 9.17) is 28.8 Å². The Labute approximate surface area is 697 Å². The number of ketones is 4. The molecule has 0 bridgehead atoms. The number of nitrogens with zero attached hydrogens (tertiary/aromatic N) is 1. The van der Waals surface area contributed by atoms with Crippen molar-refractivity contribution in [3.05, 3.63) is 12.2 Å². The molecule has 4 aliphatic heterocycles. The molecule has 0 spiro atoms. The van der Waals surface area contributed by atoms with Crippen molar-refractivity contribution in [2.24, 2.45) is 11.8 Å². The molecule has 4 aliphatic rings. The minimum Gasteiger partial charge on any atom is -0.186 e. The summed E-state index contributed by atoms with van der Waals surface area (Å²) >= 11 is -7.72. The van der Waals surface area contributed by atoms with Gasteiger partial charge in [0.25, 0.3) is 11.8 Å². The number of hydrogen-bond donors (Lipinski definition) is 8. The second-order valence-corrected chi connectivity index (χ2v) is 47.5. The number of unbranched alkanes of at least 4 members (excludes halogenated alkanes) is 4. The van der Waals surface area contributed by atoms with Crippen molar-refractivity contribution in [2.45, 2.75) is 297 Å². The molecule has 8 N–H and O–H groups in total. The Morgan fingerprint density at radius 1 is 0.455 bits per heavy atom. The minimum atomic E-state index is -7.72. The minimum absolute atomic E-state index is 0.0592. The first-order chi connectivity index (χ1) is 53.0. The number of hydrogen-bond acceptors (Lipinski definition) is 26. The van der Waals surface area contributed by atoms with Crippen molar-refractivity contribution in [3.8, 4) is 0 Å². The predicted molar refractivity (Wildman–Crippen MR) is 446 cm³/mol. The van der Waals surface area contributed by atoms with E-state index in [1.54, 1.807) is 0 Å². The molecule has 112 heavy (non-hydrogen) atoms. The van der Waals surface area contributed by atoms with Gasteiger partial charge in [0.15, 0.2) is 0 Å². The van der Waals surface area contributed by atoms with E-state index >= 15 is 0 Å². The van der Waals surface area contributed by atoms with Gasteiger partial charge in [0.1, 0.15) is 23.1 Å². The Bertz CT molecular complexity index is 2550. The number of rotatable bonds is 49. The molecule has 15 unspecified atom stereocenters. The topological polar surface area (TPSA) is 321 Å². The van der Waals surface area contributed by atoms with Crippen LogP contribution in [0.25, 0.3) is 0 Å². The molecule has 0 aromatic carbocycles. The summed E-state index contributed by atoms with van der Waals surface area (Å²) in [5, 5.41) is 30.3. The zero-order valence-electron chi connectivity index (χ0n) is 66.5. The van der Waals surface area contributed by atoms with E-state index < -0.39 is 33.9 Å². The Morgan fingerprint density at radius 3 is 0.973 bits per heavy atom. The molecule has 4 rings (SSSR count). The Morgan fingerprint density at radius 2 is 0.732 bits per heavy atom. The molecule has 22 nitrogen and oxygen atoms in total. The zero-order chi connectivity index (χ0) is 86.1. The van der Waals surface area contributed by atoms with Gasteiger partial charge in [-0.2, -0.15) is 28.8 Å². The molecule has 650 valence electrons. The molecule has 0 aliphatic carbocycles. The van der Waals surface area contributed by atoms with Gasteiger partial charge in [-0.05, 0) is 141 Å². The Kier molecular flexibility index (Phi) is 76.7. The monoisotopic (exact) mass is 1970 g/mol. The summed E-state index contributed by atoms with van der Waals surface area (Å²) in [6, 6.07) is 0.0760. The van der Waals surface area contributed by atoms with Crippen LogP contribution < -0.4 is 41.8 Å². The molecule has 0 aromatic heterocycles. The summed E-state index contributed by atoms with van der Waals surface area (Å²) in [5.41, 5.74) is 0. The Balaban J connectivity index is -0.000000646. The second kappa shape index (κ2) is 73.5. The van der Waals surface area contributed by atoms with Crippen LogP contribution in [0.1, 0.15) is 230 Å². The van der Waals surface area contributed by atoms with E-state index in [1.165, 1.54) is 63.5 Å². The van der Waals surface area contributed by atoms with Crippen molar-refractivity contribution < 1.29 is 102 Å². The summed E-state index contributed by atoms with van der Waals surface area (Å²) in [5.74, 6) is 1.85. The van der Waals surface area contributed by atoms with Crippen LogP contribution in [-0.2, 0) is 62.3 Å². The molecule has 0 radical (unpaired) electrons. The van der Waals surface area contributed by atoms with Gasteiger partial charge in [-0.15, -0.1) is 0 Å². The number of imide groups is 1. The molecule has 3 fully saturated rings. The first-order valence-electron chi connectivity index (χ1n) is 38.3. The molecule has 0 aromatic rings.